The smallest absolute Gasteiger partial charge is 0.207 e. The number of aromatic nitrogens is 4. The summed E-state index contributed by atoms with van der Waals surface area (Å²) in [6.45, 7) is -0.283. The molecule has 18 heavy (non-hydrogen) atoms. The SMILES string of the molecule is O=S(=O)(NCc1nn[nH]n1)c1cc(F)ccc1F. The molecule has 0 saturated carbocycles. The van der Waals surface area contributed by atoms with E-state index in [1.54, 1.807) is 0 Å². The van der Waals surface area contributed by atoms with Gasteiger partial charge in [-0.25, -0.2) is 21.9 Å². The van der Waals surface area contributed by atoms with Crippen LogP contribution in [0.5, 0.6) is 0 Å². The first-order chi connectivity index (χ1) is 8.49. The minimum Gasteiger partial charge on any atom is -0.207 e. The summed E-state index contributed by atoms with van der Waals surface area (Å²) in [5.41, 5.74) is 0. The maximum absolute atomic E-state index is 13.3. The Morgan fingerprint density at radius 1 is 1.33 bits per heavy atom. The number of nitrogens with one attached hydrogen (secondary N) is 2. The van der Waals surface area contributed by atoms with Crippen molar-refractivity contribution in [3.05, 3.63) is 35.7 Å². The largest absolute Gasteiger partial charge is 0.244 e. The second-order valence-electron chi connectivity index (χ2n) is 3.23. The van der Waals surface area contributed by atoms with Crippen molar-refractivity contribution < 1.29 is 17.2 Å². The summed E-state index contributed by atoms with van der Waals surface area (Å²) in [7, 11) is -4.18. The molecule has 0 aliphatic carbocycles. The van der Waals surface area contributed by atoms with Gasteiger partial charge in [-0.1, -0.05) is 5.21 Å². The number of hydrogen-bond donors (Lipinski definition) is 2. The molecule has 10 heteroatoms. The minimum atomic E-state index is -4.18. The Kier molecular flexibility index (Phi) is 3.30. The summed E-state index contributed by atoms with van der Waals surface area (Å²) < 4.78 is 51.6. The summed E-state index contributed by atoms with van der Waals surface area (Å²) in [5, 5.41) is 12.4. The van der Waals surface area contributed by atoms with Gasteiger partial charge in [-0.3, -0.25) is 0 Å². The zero-order valence-corrected chi connectivity index (χ0v) is 9.58. The van der Waals surface area contributed by atoms with Crippen LogP contribution in [0.1, 0.15) is 5.82 Å². The Morgan fingerprint density at radius 2 is 2.11 bits per heavy atom. The molecule has 0 aliphatic heterocycles. The lowest BCUT2D eigenvalue weighted by atomic mass is 10.3. The highest BCUT2D eigenvalue weighted by atomic mass is 32.2. The van der Waals surface area contributed by atoms with E-state index in [2.05, 4.69) is 20.6 Å². The number of nitrogens with zero attached hydrogens (tertiary/aromatic N) is 3. The van der Waals surface area contributed by atoms with Gasteiger partial charge in [-0.15, -0.1) is 10.2 Å². The molecule has 0 bridgehead atoms. The highest BCUT2D eigenvalue weighted by molar-refractivity contribution is 7.89. The third kappa shape index (κ3) is 2.65. The number of hydrogen-bond acceptors (Lipinski definition) is 5. The predicted molar refractivity (Wildman–Crippen MR) is 54.6 cm³/mol. The number of aromatic amines is 1. The molecule has 7 nitrogen and oxygen atoms in total. The number of benzene rings is 1. The van der Waals surface area contributed by atoms with Crippen molar-refractivity contribution in [3.8, 4) is 0 Å². The number of H-pyrrole nitrogens is 1. The Labute approximate surface area is 100 Å². The zero-order valence-electron chi connectivity index (χ0n) is 8.76. The summed E-state index contributed by atoms with van der Waals surface area (Å²) in [6, 6.07) is 2.15. The molecule has 2 aromatic rings. The van der Waals surface area contributed by atoms with Crippen LogP contribution in [0.2, 0.25) is 0 Å². The van der Waals surface area contributed by atoms with Crippen LogP contribution >= 0.6 is 0 Å². The number of rotatable bonds is 4. The van der Waals surface area contributed by atoms with Crippen molar-refractivity contribution in [3.63, 3.8) is 0 Å². The average Bonchev–Trinajstić information content (AvgIpc) is 2.83. The molecule has 1 aromatic carbocycles. The first-order valence-corrected chi connectivity index (χ1v) is 6.14. The van der Waals surface area contributed by atoms with Crippen LogP contribution in [0.3, 0.4) is 0 Å². The Hall–Kier alpha value is -1.94. The lowest BCUT2D eigenvalue weighted by Crippen LogP contribution is -2.25. The quantitative estimate of drug-likeness (QED) is 0.815. The molecule has 0 radical (unpaired) electrons. The van der Waals surface area contributed by atoms with Gasteiger partial charge in [-0.05, 0) is 18.2 Å². The fraction of sp³-hybridized carbons (Fsp3) is 0.125. The normalized spacial score (nSPS) is 11.7. The number of tetrazole rings is 1. The molecule has 0 aliphatic rings. The van der Waals surface area contributed by atoms with Crippen molar-refractivity contribution >= 4 is 10.0 Å². The van der Waals surface area contributed by atoms with Gasteiger partial charge >= 0.3 is 0 Å². The van der Waals surface area contributed by atoms with Crippen LogP contribution in [0, 0.1) is 11.6 Å². The molecular formula is C8H7F2N5O2S. The maximum Gasteiger partial charge on any atom is 0.244 e. The molecule has 0 fully saturated rings. The van der Waals surface area contributed by atoms with Gasteiger partial charge in [0.2, 0.25) is 10.0 Å². The van der Waals surface area contributed by atoms with Gasteiger partial charge < -0.3 is 0 Å². The highest BCUT2D eigenvalue weighted by Gasteiger charge is 2.20. The van der Waals surface area contributed by atoms with Gasteiger partial charge in [-0.2, -0.15) is 5.21 Å². The molecule has 0 saturated heterocycles. The van der Waals surface area contributed by atoms with Gasteiger partial charge in [0, 0.05) is 0 Å². The van der Waals surface area contributed by atoms with E-state index in [-0.39, 0.29) is 12.4 Å². The van der Waals surface area contributed by atoms with Gasteiger partial charge in [0.1, 0.15) is 16.5 Å². The molecule has 0 amide bonds. The van der Waals surface area contributed by atoms with Gasteiger partial charge in [0.15, 0.2) is 5.82 Å². The first-order valence-electron chi connectivity index (χ1n) is 4.66. The third-order valence-electron chi connectivity index (χ3n) is 1.99. The van der Waals surface area contributed by atoms with E-state index in [1.165, 1.54) is 0 Å². The van der Waals surface area contributed by atoms with Crippen LogP contribution in [0.25, 0.3) is 0 Å². The summed E-state index contributed by atoms with van der Waals surface area (Å²) >= 11 is 0. The number of sulfonamides is 1. The molecule has 2 N–H and O–H groups in total. The Bertz CT molecular complexity index is 644. The monoisotopic (exact) mass is 275 g/mol. The second kappa shape index (κ2) is 4.74. The summed E-state index contributed by atoms with van der Waals surface area (Å²) in [6.07, 6.45) is 0. The van der Waals surface area contributed by atoms with E-state index in [4.69, 9.17) is 0 Å². The lowest BCUT2D eigenvalue weighted by molar-refractivity contribution is 0.544. The third-order valence-corrected chi connectivity index (χ3v) is 3.41. The van der Waals surface area contributed by atoms with Crippen molar-refractivity contribution in [1.82, 2.24) is 25.3 Å². The summed E-state index contributed by atoms with van der Waals surface area (Å²) in [5.74, 6) is -1.82. The minimum absolute atomic E-state index is 0.0791. The topological polar surface area (TPSA) is 101 Å². The molecule has 0 unspecified atom stereocenters. The second-order valence-corrected chi connectivity index (χ2v) is 4.96. The van der Waals surface area contributed by atoms with Crippen molar-refractivity contribution in [2.24, 2.45) is 0 Å². The van der Waals surface area contributed by atoms with E-state index in [1.807, 2.05) is 4.72 Å². The molecule has 2 rings (SSSR count). The van der Waals surface area contributed by atoms with Crippen LogP contribution in [-0.4, -0.2) is 29.0 Å². The van der Waals surface area contributed by atoms with Crippen LogP contribution in [-0.2, 0) is 16.6 Å². The van der Waals surface area contributed by atoms with E-state index in [0.717, 1.165) is 12.1 Å². The fourth-order valence-electron chi connectivity index (χ4n) is 1.18. The van der Waals surface area contributed by atoms with Crippen molar-refractivity contribution in [1.29, 1.82) is 0 Å². The Balaban J connectivity index is 2.22. The van der Waals surface area contributed by atoms with Crippen LogP contribution in [0.15, 0.2) is 23.1 Å². The van der Waals surface area contributed by atoms with Gasteiger partial charge in [0.25, 0.3) is 0 Å². The van der Waals surface area contributed by atoms with Crippen molar-refractivity contribution in [2.45, 2.75) is 11.4 Å². The van der Waals surface area contributed by atoms with E-state index in [0.29, 0.717) is 6.07 Å². The Morgan fingerprint density at radius 3 is 2.78 bits per heavy atom. The molecule has 96 valence electrons. The fourth-order valence-corrected chi connectivity index (χ4v) is 2.24. The van der Waals surface area contributed by atoms with Crippen molar-refractivity contribution in [2.75, 3.05) is 0 Å². The lowest BCUT2D eigenvalue weighted by Gasteiger charge is -2.05. The number of halogens is 2. The molecular weight excluding hydrogens is 268 g/mol. The predicted octanol–water partition coefficient (Wildman–Crippen LogP) is -0.0436. The molecule has 0 spiro atoms. The van der Waals surface area contributed by atoms with Crippen LogP contribution in [0.4, 0.5) is 8.78 Å². The maximum atomic E-state index is 13.3. The first kappa shape index (κ1) is 12.5. The molecule has 1 heterocycles. The van der Waals surface area contributed by atoms with Crippen LogP contribution < -0.4 is 4.72 Å². The average molecular weight is 275 g/mol. The van der Waals surface area contributed by atoms with Gasteiger partial charge in [0.05, 0.1) is 6.54 Å². The van der Waals surface area contributed by atoms with E-state index in [9.17, 15) is 17.2 Å². The summed E-state index contributed by atoms with van der Waals surface area (Å²) in [4.78, 5) is -0.772. The highest BCUT2D eigenvalue weighted by Crippen LogP contribution is 2.15. The van der Waals surface area contributed by atoms with E-state index >= 15 is 0 Å². The molecule has 0 atom stereocenters. The van der Waals surface area contributed by atoms with E-state index < -0.39 is 26.6 Å². The zero-order chi connectivity index (χ0) is 13.2. The standard InChI is InChI=1S/C8H7F2N5O2S/c9-5-1-2-6(10)7(3-5)18(16,17)11-4-8-12-14-15-13-8/h1-3,11H,4H2,(H,12,13,14,15). The molecule has 1 aromatic heterocycles.